The topological polar surface area (TPSA) is 98.9 Å². The van der Waals surface area contributed by atoms with E-state index in [2.05, 4.69) is 5.16 Å². The molecular weight excluding hydrogens is 468 g/mol. The Morgan fingerprint density at radius 2 is 1.91 bits per heavy atom. The first-order valence-corrected chi connectivity index (χ1v) is 12.7. The van der Waals surface area contributed by atoms with Crippen LogP contribution in [-0.2, 0) is 16.4 Å². The Balaban J connectivity index is 1.43. The van der Waals surface area contributed by atoms with Crippen molar-refractivity contribution in [2.24, 2.45) is 0 Å². The Morgan fingerprint density at radius 3 is 2.67 bits per heavy atom. The Labute approximate surface area is 195 Å². The van der Waals surface area contributed by atoms with Gasteiger partial charge in [-0.05, 0) is 42.3 Å². The van der Waals surface area contributed by atoms with Gasteiger partial charge in [-0.3, -0.25) is 4.79 Å². The lowest BCUT2D eigenvalue weighted by Gasteiger charge is -2.27. The summed E-state index contributed by atoms with van der Waals surface area (Å²) in [7, 11) is -3.19. The van der Waals surface area contributed by atoms with Crippen LogP contribution in [0.5, 0.6) is 11.5 Å². The van der Waals surface area contributed by atoms with E-state index in [0.717, 1.165) is 5.56 Å². The minimum absolute atomic E-state index is 0.0538. The maximum atomic E-state index is 13.4. The van der Waals surface area contributed by atoms with Crippen molar-refractivity contribution in [2.45, 2.75) is 19.0 Å². The van der Waals surface area contributed by atoms with Crippen LogP contribution >= 0.6 is 11.6 Å². The van der Waals surface area contributed by atoms with Crippen LogP contribution in [0.2, 0.25) is 5.02 Å². The fraction of sp³-hybridized carbons (Fsp3) is 0.304. The van der Waals surface area contributed by atoms with Gasteiger partial charge in [0.2, 0.25) is 0 Å². The van der Waals surface area contributed by atoms with E-state index in [1.807, 2.05) is 6.07 Å². The van der Waals surface area contributed by atoms with Crippen LogP contribution in [0.1, 0.15) is 22.5 Å². The van der Waals surface area contributed by atoms with E-state index in [1.165, 1.54) is 0 Å². The van der Waals surface area contributed by atoms with Gasteiger partial charge in [-0.25, -0.2) is 8.42 Å². The predicted molar refractivity (Wildman–Crippen MR) is 121 cm³/mol. The van der Waals surface area contributed by atoms with Crippen LogP contribution in [-0.4, -0.2) is 55.1 Å². The number of aromatic nitrogens is 1. The largest absolute Gasteiger partial charge is 0.486 e. The van der Waals surface area contributed by atoms with Crippen molar-refractivity contribution >= 4 is 27.3 Å². The standard InChI is InChI=1S/C23H21ClN2O6S/c24-17-3-1-2-15(10-17)13-26(18-6-9-33(28,29)14-18)23(27)19-12-21(32-25-19)16-4-5-20-22(11-16)31-8-7-30-20/h1-5,10-12,18H,6-9,13-14H2/t18-/m0/s1. The number of sulfone groups is 1. The lowest BCUT2D eigenvalue weighted by atomic mass is 10.1. The highest BCUT2D eigenvalue weighted by Crippen LogP contribution is 2.35. The van der Waals surface area contributed by atoms with Crippen LogP contribution in [0.15, 0.2) is 53.1 Å². The fourth-order valence-corrected chi connectivity index (χ4v) is 6.02. The molecule has 1 atom stereocenters. The van der Waals surface area contributed by atoms with E-state index in [0.29, 0.717) is 47.5 Å². The van der Waals surface area contributed by atoms with Crippen molar-refractivity contribution in [3.63, 3.8) is 0 Å². The summed E-state index contributed by atoms with van der Waals surface area (Å²) in [6.45, 7) is 1.16. The van der Waals surface area contributed by atoms with Crippen LogP contribution in [0.3, 0.4) is 0 Å². The Hall–Kier alpha value is -3.04. The molecule has 3 aromatic rings. The Bertz CT molecular complexity index is 1310. The average Bonchev–Trinajstić information content (AvgIpc) is 3.43. The number of hydrogen-bond donors (Lipinski definition) is 0. The van der Waals surface area contributed by atoms with Crippen molar-refractivity contribution in [3.8, 4) is 22.8 Å². The second-order valence-corrected chi connectivity index (χ2v) is 10.7. The monoisotopic (exact) mass is 488 g/mol. The molecule has 0 spiro atoms. The van der Waals surface area contributed by atoms with E-state index >= 15 is 0 Å². The second kappa shape index (κ2) is 8.72. The molecule has 1 amide bonds. The number of halogens is 1. The van der Waals surface area contributed by atoms with Gasteiger partial charge in [0.1, 0.15) is 13.2 Å². The molecule has 3 heterocycles. The highest BCUT2D eigenvalue weighted by atomic mass is 35.5. The minimum Gasteiger partial charge on any atom is -0.486 e. The lowest BCUT2D eigenvalue weighted by molar-refractivity contribution is 0.0670. The number of carbonyl (C=O) groups is 1. The molecule has 0 N–H and O–H groups in total. The molecule has 2 aliphatic rings. The molecule has 10 heteroatoms. The van der Waals surface area contributed by atoms with Gasteiger partial charge in [0.15, 0.2) is 32.8 Å². The van der Waals surface area contributed by atoms with Gasteiger partial charge < -0.3 is 18.9 Å². The molecule has 2 aromatic carbocycles. The summed E-state index contributed by atoms with van der Waals surface area (Å²) in [5.74, 6) is 1.23. The van der Waals surface area contributed by atoms with Crippen LogP contribution < -0.4 is 9.47 Å². The second-order valence-electron chi connectivity index (χ2n) is 8.05. The normalized spacial score (nSPS) is 18.8. The van der Waals surface area contributed by atoms with Crippen molar-refractivity contribution in [1.82, 2.24) is 10.1 Å². The Morgan fingerprint density at radius 1 is 1.09 bits per heavy atom. The molecule has 172 valence electrons. The molecule has 0 unspecified atom stereocenters. The third-order valence-electron chi connectivity index (χ3n) is 5.71. The summed E-state index contributed by atoms with van der Waals surface area (Å²) in [5, 5.41) is 4.52. The van der Waals surface area contributed by atoms with Gasteiger partial charge in [0.25, 0.3) is 5.91 Å². The molecule has 0 radical (unpaired) electrons. The first-order valence-electron chi connectivity index (χ1n) is 10.5. The maximum Gasteiger partial charge on any atom is 0.276 e. The molecule has 0 bridgehead atoms. The van der Waals surface area contributed by atoms with Crippen molar-refractivity contribution < 1.29 is 27.2 Å². The molecular formula is C23H21ClN2O6S. The van der Waals surface area contributed by atoms with E-state index in [4.69, 9.17) is 25.6 Å². The number of hydrogen-bond acceptors (Lipinski definition) is 7. The van der Waals surface area contributed by atoms with Gasteiger partial charge in [-0.15, -0.1) is 0 Å². The lowest BCUT2D eigenvalue weighted by Crippen LogP contribution is -2.40. The van der Waals surface area contributed by atoms with E-state index in [9.17, 15) is 13.2 Å². The summed E-state index contributed by atoms with van der Waals surface area (Å²) < 4.78 is 40.8. The molecule has 1 saturated heterocycles. The molecule has 1 aromatic heterocycles. The highest BCUT2D eigenvalue weighted by molar-refractivity contribution is 7.91. The molecule has 33 heavy (non-hydrogen) atoms. The van der Waals surface area contributed by atoms with Gasteiger partial charge in [-0.2, -0.15) is 0 Å². The predicted octanol–water partition coefficient (Wildman–Crippen LogP) is 3.60. The minimum atomic E-state index is -3.19. The van der Waals surface area contributed by atoms with E-state index in [-0.39, 0.29) is 23.7 Å². The molecule has 5 rings (SSSR count). The number of rotatable bonds is 5. The summed E-state index contributed by atoms with van der Waals surface area (Å²) in [4.78, 5) is 15.0. The SMILES string of the molecule is O=C(c1cc(-c2ccc3c(c2)OCCO3)on1)N(Cc1cccc(Cl)c1)[C@H]1CCS(=O)(=O)C1. The molecule has 8 nitrogen and oxygen atoms in total. The van der Waals surface area contributed by atoms with Crippen LogP contribution in [0, 0.1) is 0 Å². The average molecular weight is 489 g/mol. The molecule has 0 saturated carbocycles. The summed E-state index contributed by atoms with van der Waals surface area (Å²) in [6, 6.07) is 13.6. The van der Waals surface area contributed by atoms with Gasteiger partial charge in [0.05, 0.1) is 11.5 Å². The van der Waals surface area contributed by atoms with Gasteiger partial charge in [-0.1, -0.05) is 28.9 Å². The summed E-state index contributed by atoms with van der Waals surface area (Å²) >= 11 is 6.11. The maximum absolute atomic E-state index is 13.4. The quantitative estimate of drug-likeness (QED) is 0.541. The third-order valence-corrected chi connectivity index (χ3v) is 7.69. The van der Waals surface area contributed by atoms with Crippen molar-refractivity contribution in [3.05, 3.63) is 64.8 Å². The smallest absolute Gasteiger partial charge is 0.276 e. The number of nitrogens with zero attached hydrogens (tertiary/aromatic N) is 2. The molecule has 0 aliphatic carbocycles. The van der Waals surface area contributed by atoms with Crippen molar-refractivity contribution in [2.75, 3.05) is 24.7 Å². The highest BCUT2D eigenvalue weighted by Gasteiger charge is 2.36. The van der Waals surface area contributed by atoms with Crippen LogP contribution in [0.4, 0.5) is 0 Å². The zero-order valence-corrected chi connectivity index (χ0v) is 19.1. The number of benzene rings is 2. The summed E-state index contributed by atoms with van der Waals surface area (Å²) in [6.07, 6.45) is 0.376. The Kier molecular flexibility index (Phi) is 5.76. The van der Waals surface area contributed by atoms with E-state index in [1.54, 1.807) is 47.4 Å². The number of fused-ring (bicyclic) bond motifs is 1. The third kappa shape index (κ3) is 4.69. The summed E-state index contributed by atoms with van der Waals surface area (Å²) in [5.41, 5.74) is 1.59. The van der Waals surface area contributed by atoms with Crippen molar-refractivity contribution in [1.29, 1.82) is 0 Å². The number of ether oxygens (including phenoxy) is 2. The molecule has 1 fully saturated rings. The van der Waals surface area contributed by atoms with Gasteiger partial charge >= 0.3 is 0 Å². The zero-order valence-electron chi connectivity index (χ0n) is 17.6. The van der Waals surface area contributed by atoms with Crippen LogP contribution in [0.25, 0.3) is 11.3 Å². The number of amides is 1. The zero-order chi connectivity index (χ0) is 23.0. The number of carbonyl (C=O) groups excluding carboxylic acids is 1. The van der Waals surface area contributed by atoms with Gasteiger partial charge in [0, 0.05) is 29.2 Å². The first-order chi connectivity index (χ1) is 15.9. The van der Waals surface area contributed by atoms with E-state index < -0.39 is 21.8 Å². The fourth-order valence-electron chi connectivity index (χ4n) is 4.08. The first kappa shape index (κ1) is 21.8. The molecule has 2 aliphatic heterocycles.